The highest BCUT2D eigenvalue weighted by molar-refractivity contribution is 5.99. The van der Waals surface area contributed by atoms with Gasteiger partial charge in [0.2, 0.25) is 0 Å². The van der Waals surface area contributed by atoms with E-state index in [0.29, 0.717) is 11.4 Å². The van der Waals surface area contributed by atoms with Gasteiger partial charge in [0.1, 0.15) is 0 Å². The standard InChI is InChI=1S/C16H21N3O2/c1-3-4-5-6-12(2)18-15-7-8-16(19(20)21)14-11-17-10-9-13(14)15/h7-12,18H,3-6H2,1-2H3. The number of nitrogens with zero attached hydrogens (tertiary/aromatic N) is 2. The number of nitrogens with one attached hydrogen (secondary N) is 1. The van der Waals surface area contributed by atoms with Crippen molar-refractivity contribution in [1.82, 2.24) is 4.98 Å². The fraction of sp³-hybridized carbons (Fsp3) is 0.438. The number of hydrogen-bond donors (Lipinski definition) is 1. The Kier molecular flexibility index (Phi) is 5.09. The number of non-ortho nitro benzene ring substituents is 1. The molecular weight excluding hydrogens is 266 g/mol. The van der Waals surface area contributed by atoms with Crippen LogP contribution in [-0.4, -0.2) is 15.9 Å². The predicted octanol–water partition coefficient (Wildman–Crippen LogP) is 4.52. The molecule has 0 aliphatic rings. The Balaban J connectivity index is 2.25. The maximum absolute atomic E-state index is 11.1. The molecule has 5 nitrogen and oxygen atoms in total. The smallest absolute Gasteiger partial charge is 0.278 e. The van der Waals surface area contributed by atoms with Crippen LogP contribution in [0.3, 0.4) is 0 Å². The van der Waals surface area contributed by atoms with Gasteiger partial charge in [-0.25, -0.2) is 0 Å². The van der Waals surface area contributed by atoms with Crippen molar-refractivity contribution in [3.8, 4) is 0 Å². The van der Waals surface area contributed by atoms with Gasteiger partial charge in [-0.15, -0.1) is 0 Å². The molecule has 1 atom stereocenters. The van der Waals surface area contributed by atoms with E-state index in [4.69, 9.17) is 0 Å². The molecule has 0 spiro atoms. The van der Waals surface area contributed by atoms with Crippen LogP contribution in [0.5, 0.6) is 0 Å². The van der Waals surface area contributed by atoms with Gasteiger partial charge in [-0.2, -0.15) is 0 Å². The minimum Gasteiger partial charge on any atom is -0.382 e. The second-order valence-electron chi connectivity index (χ2n) is 5.35. The number of fused-ring (bicyclic) bond motifs is 1. The van der Waals surface area contributed by atoms with Gasteiger partial charge in [-0.05, 0) is 25.5 Å². The summed E-state index contributed by atoms with van der Waals surface area (Å²) in [7, 11) is 0. The highest BCUT2D eigenvalue weighted by Gasteiger charge is 2.15. The molecule has 21 heavy (non-hydrogen) atoms. The van der Waals surface area contributed by atoms with E-state index in [1.54, 1.807) is 24.5 Å². The Hall–Kier alpha value is -2.17. The third-order valence-electron chi connectivity index (χ3n) is 3.63. The quantitative estimate of drug-likeness (QED) is 0.461. The molecule has 0 amide bonds. The average molecular weight is 287 g/mol. The van der Waals surface area contributed by atoms with Crippen molar-refractivity contribution in [3.63, 3.8) is 0 Å². The number of rotatable bonds is 7. The van der Waals surface area contributed by atoms with E-state index in [2.05, 4.69) is 24.1 Å². The van der Waals surface area contributed by atoms with Crippen molar-refractivity contribution in [1.29, 1.82) is 0 Å². The normalized spacial score (nSPS) is 12.3. The van der Waals surface area contributed by atoms with Crippen LogP contribution < -0.4 is 5.32 Å². The predicted molar refractivity (Wildman–Crippen MR) is 85.6 cm³/mol. The Labute approximate surface area is 124 Å². The van der Waals surface area contributed by atoms with Gasteiger partial charge in [0.05, 0.1) is 10.3 Å². The zero-order valence-electron chi connectivity index (χ0n) is 12.5. The molecule has 0 bridgehead atoms. The number of nitro benzene ring substituents is 1. The second-order valence-corrected chi connectivity index (χ2v) is 5.35. The van der Waals surface area contributed by atoms with E-state index < -0.39 is 0 Å². The van der Waals surface area contributed by atoms with Gasteiger partial charge in [0.15, 0.2) is 0 Å². The first-order valence-corrected chi connectivity index (χ1v) is 7.41. The molecule has 0 saturated carbocycles. The molecule has 1 N–H and O–H groups in total. The molecular formula is C16H21N3O2. The number of hydrogen-bond acceptors (Lipinski definition) is 4. The lowest BCUT2D eigenvalue weighted by molar-refractivity contribution is -0.383. The Morgan fingerprint density at radius 1 is 1.29 bits per heavy atom. The summed E-state index contributed by atoms with van der Waals surface area (Å²) in [5.41, 5.74) is 1.03. The van der Waals surface area contributed by atoms with E-state index in [0.717, 1.165) is 17.5 Å². The van der Waals surface area contributed by atoms with Crippen LogP contribution in [0.25, 0.3) is 10.8 Å². The van der Waals surface area contributed by atoms with Gasteiger partial charge in [-0.3, -0.25) is 15.1 Å². The SMILES string of the molecule is CCCCCC(C)Nc1ccc([N+](=O)[O-])c2cnccc12. The molecule has 0 saturated heterocycles. The van der Waals surface area contributed by atoms with E-state index in [1.165, 1.54) is 19.3 Å². The van der Waals surface area contributed by atoms with E-state index >= 15 is 0 Å². The third-order valence-corrected chi connectivity index (χ3v) is 3.63. The lowest BCUT2D eigenvalue weighted by atomic mass is 10.1. The van der Waals surface area contributed by atoms with Gasteiger partial charge in [0, 0.05) is 35.6 Å². The molecule has 0 aliphatic heterocycles. The highest BCUT2D eigenvalue weighted by Crippen LogP contribution is 2.31. The Bertz CT molecular complexity index is 628. The summed E-state index contributed by atoms with van der Waals surface area (Å²) < 4.78 is 0. The molecule has 1 heterocycles. The van der Waals surface area contributed by atoms with Gasteiger partial charge in [-0.1, -0.05) is 26.2 Å². The summed E-state index contributed by atoms with van der Waals surface area (Å²) in [4.78, 5) is 14.7. The molecule has 1 unspecified atom stereocenters. The number of anilines is 1. The van der Waals surface area contributed by atoms with Gasteiger partial charge < -0.3 is 5.32 Å². The molecule has 1 aromatic carbocycles. The molecule has 112 valence electrons. The summed E-state index contributed by atoms with van der Waals surface area (Å²) in [6.45, 7) is 4.33. The van der Waals surface area contributed by atoms with Crippen molar-refractivity contribution in [3.05, 3.63) is 40.7 Å². The lowest BCUT2D eigenvalue weighted by Crippen LogP contribution is -2.15. The van der Waals surface area contributed by atoms with Crippen LogP contribution in [0.15, 0.2) is 30.6 Å². The Morgan fingerprint density at radius 3 is 2.81 bits per heavy atom. The first-order chi connectivity index (χ1) is 10.1. The summed E-state index contributed by atoms with van der Waals surface area (Å²) in [5, 5.41) is 16.0. The monoisotopic (exact) mass is 287 g/mol. The summed E-state index contributed by atoms with van der Waals surface area (Å²) in [6, 6.07) is 5.50. The minimum atomic E-state index is -0.363. The van der Waals surface area contributed by atoms with Crippen LogP contribution in [0.1, 0.15) is 39.5 Å². The van der Waals surface area contributed by atoms with E-state index in [1.807, 2.05) is 6.07 Å². The summed E-state index contributed by atoms with van der Waals surface area (Å²) >= 11 is 0. The second kappa shape index (κ2) is 7.02. The summed E-state index contributed by atoms with van der Waals surface area (Å²) in [5.74, 6) is 0. The zero-order chi connectivity index (χ0) is 15.2. The van der Waals surface area contributed by atoms with Crippen molar-refractivity contribution >= 4 is 22.1 Å². The van der Waals surface area contributed by atoms with Crippen molar-refractivity contribution in [2.45, 2.75) is 45.6 Å². The highest BCUT2D eigenvalue weighted by atomic mass is 16.6. The van der Waals surface area contributed by atoms with Crippen LogP contribution in [-0.2, 0) is 0 Å². The fourth-order valence-corrected chi connectivity index (χ4v) is 2.50. The first kappa shape index (κ1) is 15.2. The molecule has 2 rings (SSSR count). The minimum absolute atomic E-state index is 0.0993. The molecule has 0 aliphatic carbocycles. The van der Waals surface area contributed by atoms with Crippen LogP contribution in [0.2, 0.25) is 0 Å². The zero-order valence-corrected chi connectivity index (χ0v) is 12.5. The van der Waals surface area contributed by atoms with E-state index in [-0.39, 0.29) is 10.6 Å². The van der Waals surface area contributed by atoms with Crippen molar-refractivity contribution in [2.75, 3.05) is 5.32 Å². The maximum Gasteiger partial charge on any atom is 0.278 e. The third kappa shape index (κ3) is 3.68. The fourth-order valence-electron chi connectivity index (χ4n) is 2.50. The van der Waals surface area contributed by atoms with Crippen molar-refractivity contribution < 1.29 is 4.92 Å². The van der Waals surface area contributed by atoms with Gasteiger partial charge >= 0.3 is 0 Å². The van der Waals surface area contributed by atoms with Crippen molar-refractivity contribution in [2.24, 2.45) is 0 Å². The molecule has 1 aromatic heterocycles. The number of pyridine rings is 1. The number of unbranched alkanes of at least 4 members (excludes halogenated alkanes) is 2. The Morgan fingerprint density at radius 2 is 2.10 bits per heavy atom. The number of nitro groups is 1. The van der Waals surface area contributed by atoms with Gasteiger partial charge in [0.25, 0.3) is 5.69 Å². The topological polar surface area (TPSA) is 68.1 Å². The number of aromatic nitrogens is 1. The molecule has 2 aromatic rings. The first-order valence-electron chi connectivity index (χ1n) is 7.41. The lowest BCUT2D eigenvalue weighted by Gasteiger charge is -2.16. The molecule has 0 radical (unpaired) electrons. The van der Waals surface area contributed by atoms with Crippen LogP contribution in [0.4, 0.5) is 11.4 Å². The molecule has 5 heteroatoms. The van der Waals surface area contributed by atoms with Crippen LogP contribution in [0, 0.1) is 10.1 Å². The van der Waals surface area contributed by atoms with Crippen LogP contribution >= 0.6 is 0 Å². The van der Waals surface area contributed by atoms with E-state index in [9.17, 15) is 10.1 Å². The summed E-state index contributed by atoms with van der Waals surface area (Å²) in [6.07, 6.45) is 7.95. The largest absolute Gasteiger partial charge is 0.382 e. The number of benzene rings is 1. The molecule has 0 fully saturated rings. The average Bonchev–Trinajstić information content (AvgIpc) is 2.47. The maximum atomic E-state index is 11.1.